The van der Waals surface area contributed by atoms with Gasteiger partial charge in [-0.1, -0.05) is 0 Å². The molecule has 1 amide bonds. The Hall–Kier alpha value is -2.57. The Bertz CT molecular complexity index is 677. The molecule has 21 heavy (non-hydrogen) atoms. The predicted molar refractivity (Wildman–Crippen MR) is 74.8 cm³/mol. The predicted octanol–water partition coefficient (Wildman–Crippen LogP) is 0.580. The molecule has 1 fully saturated rings. The SMILES string of the molecule is O=C(c1cnc[nH]c1=O)N1CCC(c2cnccn2)CC1. The summed E-state index contributed by atoms with van der Waals surface area (Å²) in [7, 11) is 0. The molecule has 0 unspecified atom stereocenters. The summed E-state index contributed by atoms with van der Waals surface area (Å²) in [6, 6.07) is 0. The van der Waals surface area contributed by atoms with Crippen LogP contribution in [-0.2, 0) is 0 Å². The first-order chi connectivity index (χ1) is 10.3. The number of nitrogens with zero attached hydrogens (tertiary/aromatic N) is 4. The maximum absolute atomic E-state index is 12.3. The molecule has 1 aliphatic rings. The largest absolute Gasteiger partial charge is 0.338 e. The highest BCUT2D eigenvalue weighted by Gasteiger charge is 2.26. The van der Waals surface area contributed by atoms with E-state index in [0.29, 0.717) is 19.0 Å². The third-order valence-electron chi connectivity index (χ3n) is 3.73. The van der Waals surface area contributed by atoms with Gasteiger partial charge in [0.15, 0.2) is 0 Å². The van der Waals surface area contributed by atoms with Gasteiger partial charge >= 0.3 is 0 Å². The fourth-order valence-electron chi connectivity index (χ4n) is 2.57. The Kier molecular flexibility index (Phi) is 3.72. The van der Waals surface area contributed by atoms with Crippen LogP contribution in [0.25, 0.3) is 0 Å². The summed E-state index contributed by atoms with van der Waals surface area (Å²) in [5.41, 5.74) is 0.658. The number of likely N-dealkylation sites (tertiary alicyclic amines) is 1. The van der Waals surface area contributed by atoms with E-state index in [1.807, 2.05) is 0 Å². The third kappa shape index (κ3) is 2.81. The standard InChI is InChI=1S/C14H15N5O2/c20-13-11(7-16-9-18-13)14(21)19-5-1-10(2-6-19)12-8-15-3-4-17-12/h3-4,7-10H,1-2,5-6H2,(H,16,18,20). The van der Waals surface area contributed by atoms with E-state index in [-0.39, 0.29) is 11.5 Å². The Morgan fingerprint density at radius 1 is 1.19 bits per heavy atom. The molecule has 0 saturated carbocycles. The van der Waals surface area contributed by atoms with Gasteiger partial charge in [0, 0.05) is 43.8 Å². The fourth-order valence-corrected chi connectivity index (χ4v) is 2.57. The van der Waals surface area contributed by atoms with E-state index < -0.39 is 5.56 Å². The second-order valence-corrected chi connectivity index (χ2v) is 4.99. The van der Waals surface area contributed by atoms with E-state index >= 15 is 0 Å². The fraction of sp³-hybridized carbons (Fsp3) is 0.357. The molecule has 7 heteroatoms. The summed E-state index contributed by atoms with van der Waals surface area (Å²) >= 11 is 0. The first-order valence-electron chi connectivity index (χ1n) is 6.83. The van der Waals surface area contributed by atoms with Crippen molar-refractivity contribution in [3.8, 4) is 0 Å². The Morgan fingerprint density at radius 2 is 2.00 bits per heavy atom. The molecule has 108 valence electrons. The van der Waals surface area contributed by atoms with Crippen LogP contribution in [0.3, 0.4) is 0 Å². The van der Waals surface area contributed by atoms with Crippen molar-refractivity contribution < 1.29 is 4.79 Å². The number of amides is 1. The zero-order valence-electron chi connectivity index (χ0n) is 11.4. The highest BCUT2D eigenvalue weighted by molar-refractivity contribution is 5.93. The first-order valence-corrected chi connectivity index (χ1v) is 6.83. The molecule has 0 spiro atoms. The van der Waals surface area contributed by atoms with E-state index in [4.69, 9.17) is 0 Å². The van der Waals surface area contributed by atoms with Crippen LogP contribution in [0.4, 0.5) is 0 Å². The molecule has 0 bridgehead atoms. The Balaban J connectivity index is 1.68. The molecule has 0 atom stereocenters. The summed E-state index contributed by atoms with van der Waals surface area (Å²) in [4.78, 5) is 40.2. The van der Waals surface area contributed by atoms with Gasteiger partial charge in [-0.3, -0.25) is 19.6 Å². The zero-order chi connectivity index (χ0) is 14.7. The monoisotopic (exact) mass is 285 g/mol. The summed E-state index contributed by atoms with van der Waals surface area (Å²) < 4.78 is 0. The third-order valence-corrected chi connectivity index (χ3v) is 3.73. The number of aromatic amines is 1. The topological polar surface area (TPSA) is 91.8 Å². The lowest BCUT2D eigenvalue weighted by molar-refractivity contribution is 0.0709. The lowest BCUT2D eigenvalue weighted by Crippen LogP contribution is -2.40. The van der Waals surface area contributed by atoms with Crippen molar-refractivity contribution in [3.05, 3.63) is 52.7 Å². The molecule has 2 aromatic rings. The van der Waals surface area contributed by atoms with E-state index in [1.165, 1.54) is 12.5 Å². The summed E-state index contributed by atoms with van der Waals surface area (Å²) in [5.74, 6) is 0.0527. The van der Waals surface area contributed by atoms with Crippen molar-refractivity contribution in [3.63, 3.8) is 0 Å². The van der Waals surface area contributed by atoms with Gasteiger partial charge in [-0.2, -0.15) is 0 Å². The molecular weight excluding hydrogens is 270 g/mol. The minimum Gasteiger partial charge on any atom is -0.338 e. The average Bonchev–Trinajstić information content (AvgIpc) is 2.56. The van der Waals surface area contributed by atoms with Crippen LogP contribution in [0, 0.1) is 0 Å². The Labute approximate surface area is 121 Å². The van der Waals surface area contributed by atoms with Crippen LogP contribution in [0.1, 0.15) is 34.8 Å². The molecule has 1 saturated heterocycles. The van der Waals surface area contributed by atoms with Crippen molar-refractivity contribution in [2.45, 2.75) is 18.8 Å². The molecule has 1 aliphatic heterocycles. The minimum atomic E-state index is -0.397. The zero-order valence-corrected chi connectivity index (χ0v) is 11.4. The Morgan fingerprint density at radius 3 is 2.67 bits per heavy atom. The first kappa shape index (κ1) is 13.4. The summed E-state index contributed by atoms with van der Waals surface area (Å²) in [6.07, 6.45) is 9.34. The number of rotatable bonds is 2. The number of hydrogen-bond donors (Lipinski definition) is 1. The van der Waals surface area contributed by atoms with Gasteiger partial charge in [0.25, 0.3) is 11.5 Å². The second kappa shape index (κ2) is 5.82. The molecule has 1 N–H and O–H groups in total. The van der Waals surface area contributed by atoms with Crippen molar-refractivity contribution in [1.29, 1.82) is 0 Å². The van der Waals surface area contributed by atoms with Crippen LogP contribution < -0.4 is 5.56 Å². The van der Waals surface area contributed by atoms with Crippen LogP contribution in [-0.4, -0.2) is 43.8 Å². The maximum atomic E-state index is 12.3. The number of carbonyl (C=O) groups excluding carboxylic acids is 1. The quantitative estimate of drug-likeness (QED) is 0.871. The molecular formula is C14H15N5O2. The number of nitrogens with one attached hydrogen (secondary N) is 1. The molecule has 2 aromatic heterocycles. The molecule has 0 aliphatic carbocycles. The van der Waals surface area contributed by atoms with E-state index in [1.54, 1.807) is 23.5 Å². The van der Waals surface area contributed by atoms with Crippen molar-refractivity contribution >= 4 is 5.91 Å². The van der Waals surface area contributed by atoms with E-state index in [2.05, 4.69) is 19.9 Å². The maximum Gasteiger partial charge on any atom is 0.263 e. The highest BCUT2D eigenvalue weighted by Crippen LogP contribution is 2.26. The molecule has 7 nitrogen and oxygen atoms in total. The van der Waals surface area contributed by atoms with Crippen LogP contribution in [0.5, 0.6) is 0 Å². The number of H-pyrrole nitrogens is 1. The molecule has 0 aromatic carbocycles. The van der Waals surface area contributed by atoms with Crippen molar-refractivity contribution in [2.75, 3.05) is 13.1 Å². The second-order valence-electron chi connectivity index (χ2n) is 4.99. The van der Waals surface area contributed by atoms with Gasteiger partial charge in [0.1, 0.15) is 5.56 Å². The normalized spacial score (nSPS) is 15.9. The smallest absolute Gasteiger partial charge is 0.263 e. The number of aromatic nitrogens is 4. The van der Waals surface area contributed by atoms with Gasteiger partial charge < -0.3 is 9.88 Å². The molecule has 3 rings (SSSR count). The average molecular weight is 285 g/mol. The van der Waals surface area contributed by atoms with Crippen LogP contribution >= 0.6 is 0 Å². The van der Waals surface area contributed by atoms with E-state index in [0.717, 1.165) is 18.5 Å². The number of carbonyl (C=O) groups is 1. The van der Waals surface area contributed by atoms with Crippen LogP contribution in [0.15, 0.2) is 35.9 Å². The molecule has 0 radical (unpaired) electrons. The van der Waals surface area contributed by atoms with Crippen molar-refractivity contribution in [1.82, 2.24) is 24.8 Å². The van der Waals surface area contributed by atoms with Gasteiger partial charge in [-0.15, -0.1) is 0 Å². The van der Waals surface area contributed by atoms with Crippen LogP contribution in [0.2, 0.25) is 0 Å². The van der Waals surface area contributed by atoms with Gasteiger partial charge in [-0.25, -0.2) is 4.98 Å². The molecule has 3 heterocycles. The lowest BCUT2D eigenvalue weighted by Gasteiger charge is -2.31. The van der Waals surface area contributed by atoms with Gasteiger partial charge in [0.2, 0.25) is 0 Å². The van der Waals surface area contributed by atoms with Gasteiger partial charge in [-0.05, 0) is 12.8 Å². The number of hydrogen-bond acceptors (Lipinski definition) is 5. The number of piperidine rings is 1. The summed E-state index contributed by atoms with van der Waals surface area (Å²) in [5, 5.41) is 0. The van der Waals surface area contributed by atoms with Crippen molar-refractivity contribution in [2.24, 2.45) is 0 Å². The minimum absolute atomic E-state index is 0.0930. The van der Waals surface area contributed by atoms with E-state index in [9.17, 15) is 9.59 Å². The lowest BCUT2D eigenvalue weighted by atomic mass is 9.93. The highest BCUT2D eigenvalue weighted by atomic mass is 16.2. The van der Waals surface area contributed by atoms with Gasteiger partial charge in [0.05, 0.1) is 12.0 Å². The summed E-state index contributed by atoms with van der Waals surface area (Å²) in [6.45, 7) is 1.21.